The molecule has 0 atom stereocenters. The van der Waals surface area contributed by atoms with Crippen molar-refractivity contribution in [3.05, 3.63) is 29.8 Å². The highest BCUT2D eigenvalue weighted by Crippen LogP contribution is 2.25. The van der Waals surface area contributed by atoms with Gasteiger partial charge in [-0.3, -0.25) is 0 Å². The minimum Gasteiger partial charge on any atom is -0.493 e. The maximum absolute atomic E-state index is 5.98. The molecule has 1 aromatic rings. The second-order valence-electron chi connectivity index (χ2n) is 5.96. The van der Waals surface area contributed by atoms with Crippen molar-refractivity contribution in [3.63, 3.8) is 0 Å². The summed E-state index contributed by atoms with van der Waals surface area (Å²) in [4.78, 5) is 1.77. The third-order valence-corrected chi connectivity index (χ3v) is 4.03. The maximum atomic E-state index is 5.98. The summed E-state index contributed by atoms with van der Waals surface area (Å²) in [5.41, 5.74) is 1.33. The molecule has 0 unspecified atom stereocenters. The molecule has 1 aliphatic heterocycles. The van der Waals surface area contributed by atoms with Gasteiger partial charge in [-0.1, -0.05) is 32.0 Å². The number of hydrogen-bond donors (Lipinski definition) is 1. The summed E-state index contributed by atoms with van der Waals surface area (Å²) in [5, 5.41) is 0. The third kappa shape index (κ3) is 4.54. The molecular weight excluding hydrogens is 234 g/mol. The highest BCUT2D eigenvalue weighted by atomic mass is 16.5. The van der Waals surface area contributed by atoms with E-state index < -0.39 is 0 Å². The van der Waals surface area contributed by atoms with Crippen LogP contribution in [0.25, 0.3) is 0 Å². The number of piperidine rings is 1. The fraction of sp³-hybridized carbons (Fsp3) is 0.647. The van der Waals surface area contributed by atoms with Gasteiger partial charge in [0.25, 0.3) is 0 Å². The fourth-order valence-electron chi connectivity index (χ4n) is 2.90. The minimum absolute atomic E-state index is 0.531. The van der Waals surface area contributed by atoms with Gasteiger partial charge in [-0.05, 0) is 36.8 Å². The number of rotatable bonds is 6. The second-order valence-corrected chi connectivity index (χ2v) is 5.96. The van der Waals surface area contributed by atoms with Crippen LogP contribution in [0.2, 0.25) is 0 Å². The number of nitrogens with one attached hydrogen (secondary N) is 1. The van der Waals surface area contributed by atoms with Gasteiger partial charge < -0.3 is 9.64 Å². The van der Waals surface area contributed by atoms with Crippen LogP contribution in [0.1, 0.15) is 51.0 Å². The van der Waals surface area contributed by atoms with Crippen molar-refractivity contribution in [2.24, 2.45) is 0 Å². The normalized spacial score (nSPS) is 16.8. The Labute approximate surface area is 117 Å². The average molecular weight is 262 g/mol. The molecule has 2 heteroatoms. The van der Waals surface area contributed by atoms with Crippen molar-refractivity contribution in [3.8, 4) is 5.75 Å². The van der Waals surface area contributed by atoms with Gasteiger partial charge in [0.15, 0.2) is 0 Å². The van der Waals surface area contributed by atoms with Crippen LogP contribution < -0.4 is 9.64 Å². The molecule has 2 nitrogen and oxygen atoms in total. The monoisotopic (exact) mass is 262 g/mol. The SMILES string of the molecule is CC(C)c1ccccc1OCCC[NH+]1CCCCC1. The van der Waals surface area contributed by atoms with Gasteiger partial charge in [0.05, 0.1) is 26.2 Å². The molecule has 1 fully saturated rings. The lowest BCUT2D eigenvalue weighted by molar-refractivity contribution is -0.905. The van der Waals surface area contributed by atoms with Crippen LogP contribution >= 0.6 is 0 Å². The van der Waals surface area contributed by atoms with Crippen molar-refractivity contribution >= 4 is 0 Å². The molecule has 1 heterocycles. The number of quaternary nitrogens is 1. The van der Waals surface area contributed by atoms with Crippen molar-refractivity contribution in [2.45, 2.75) is 45.4 Å². The maximum Gasteiger partial charge on any atom is 0.122 e. The molecule has 0 saturated carbocycles. The van der Waals surface area contributed by atoms with Crippen molar-refractivity contribution in [1.82, 2.24) is 0 Å². The van der Waals surface area contributed by atoms with Gasteiger partial charge >= 0.3 is 0 Å². The summed E-state index contributed by atoms with van der Waals surface area (Å²) in [7, 11) is 0. The molecule has 2 rings (SSSR count). The van der Waals surface area contributed by atoms with Gasteiger partial charge in [0.1, 0.15) is 5.75 Å². The molecule has 0 bridgehead atoms. The predicted molar refractivity (Wildman–Crippen MR) is 80.1 cm³/mol. The Morgan fingerprint density at radius 3 is 2.58 bits per heavy atom. The molecule has 0 aliphatic carbocycles. The number of likely N-dealkylation sites (tertiary alicyclic amines) is 1. The van der Waals surface area contributed by atoms with E-state index >= 15 is 0 Å². The van der Waals surface area contributed by atoms with Gasteiger partial charge in [-0.15, -0.1) is 0 Å². The minimum atomic E-state index is 0.531. The lowest BCUT2D eigenvalue weighted by Gasteiger charge is -2.23. The summed E-state index contributed by atoms with van der Waals surface area (Å²) in [6.07, 6.45) is 5.42. The summed E-state index contributed by atoms with van der Waals surface area (Å²) in [6.45, 7) is 9.29. The van der Waals surface area contributed by atoms with Crippen LogP contribution in [-0.2, 0) is 0 Å². The zero-order valence-corrected chi connectivity index (χ0v) is 12.5. The number of ether oxygens (including phenoxy) is 1. The van der Waals surface area contributed by atoms with Crippen LogP contribution in [0.4, 0.5) is 0 Å². The molecule has 1 N–H and O–H groups in total. The van der Waals surface area contributed by atoms with Gasteiger partial charge in [-0.2, -0.15) is 0 Å². The Morgan fingerprint density at radius 1 is 1.11 bits per heavy atom. The molecule has 106 valence electrons. The van der Waals surface area contributed by atoms with E-state index in [1.807, 2.05) is 0 Å². The van der Waals surface area contributed by atoms with E-state index in [0.29, 0.717) is 5.92 Å². The largest absolute Gasteiger partial charge is 0.493 e. The molecule has 1 aromatic carbocycles. The standard InChI is InChI=1S/C17H27NO/c1-15(2)16-9-4-5-10-17(16)19-14-8-13-18-11-6-3-7-12-18/h4-5,9-10,15H,3,6-8,11-14H2,1-2H3/p+1. The van der Waals surface area contributed by atoms with Crippen LogP contribution in [0, 0.1) is 0 Å². The summed E-state index contributed by atoms with van der Waals surface area (Å²) in [5.74, 6) is 1.61. The van der Waals surface area contributed by atoms with Crippen LogP contribution in [0.3, 0.4) is 0 Å². The molecule has 0 spiro atoms. The Bertz CT molecular complexity index is 369. The first-order chi connectivity index (χ1) is 9.27. The smallest absolute Gasteiger partial charge is 0.122 e. The van der Waals surface area contributed by atoms with Crippen LogP contribution in [0.15, 0.2) is 24.3 Å². The Morgan fingerprint density at radius 2 is 1.84 bits per heavy atom. The third-order valence-electron chi connectivity index (χ3n) is 4.03. The van der Waals surface area contributed by atoms with E-state index in [1.165, 1.54) is 50.9 Å². The average Bonchev–Trinajstić information content (AvgIpc) is 2.45. The highest BCUT2D eigenvalue weighted by Gasteiger charge is 2.13. The molecule has 1 aliphatic rings. The molecular formula is C17H28NO+. The predicted octanol–water partition coefficient (Wildman–Crippen LogP) is 2.65. The summed E-state index contributed by atoms with van der Waals surface area (Å²) >= 11 is 0. The molecule has 1 saturated heterocycles. The Balaban J connectivity index is 1.73. The molecule has 0 radical (unpaired) electrons. The van der Waals surface area contributed by atoms with E-state index in [4.69, 9.17) is 4.74 Å². The van der Waals surface area contributed by atoms with Crippen molar-refractivity contribution in [1.29, 1.82) is 0 Å². The van der Waals surface area contributed by atoms with Crippen LogP contribution in [-0.4, -0.2) is 26.2 Å². The quantitative estimate of drug-likeness (QED) is 0.778. The lowest BCUT2D eigenvalue weighted by atomic mass is 10.0. The first-order valence-corrected chi connectivity index (χ1v) is 7.82. The Hall–Kier alpha value is -1.02. The number of hydrogen-bond acceptors (Lipinski definition) is 1. The fourth-order valence-corrected chi connectivity index (χ4v) is 2.90. The topological polar surface area (TPSA) is 13.7 Å². The van der Waals surface area contributed by atoms with E-state index in [-0.39, 0.29) is 0 Å². The molecule has 19 heavy (non-hydrogen) atoms. The van der Waals surface area contributed by atoms with Crippen molar-refractivity contribution in [2.75, 3.05) is 26.2 Å². The van der Waals surface area contributed by atoms with E-state index in [0.717, 1.165) is 12.4 Å². The van der Waals surface area contributed by atoms with Gasteiger partial charge in [0, 0.05) is 6.42 Å². The zero-order chi connectivity index (χ0) is 13.5. The highest BCUT2D eigenvalue weighted by molar-refractivity contribution is 5.35. The van der Waals surface area contributed by atoms with Crippen molar-refractivity contribution < 1.29 is 9.64 Å². The number of benzene rings is 1. The Kier molecular flexibility index (Phi) is 5.71. The number of para-hydroxylation sites is 1. The summed E-state index contributed by atoms with van der Waals surface area (Å²) < 4.78 is 5.98. The zero-order valence-electron chi connectivity index (χ0n) is 12.5. The lowest BCUT2D eigenvalue weighted by Crippen LogP contribution is -3.12. The first-order valence-electron chi connectivity index (χ1n) is 7.82. The summed E-state index contributed by atoms with van der Waals surface area (Å²) in [6, 6.07) is 8.44. The second kappa shape index (κ2) is 7.54. The van der Waals surface area contributed by atoms with Gasteiger partial charge in [0.2, 0.25) is 0 Å². The van der Waals surface area contributed by atoms with Crippen LogP contribution in [0.5, 0.6) is 5.75 Å². The van der Waals surface area contributed by atoms with Gasteiger partial charge in [-0.25, -0.2) is 0 Å². The first kappa shape index (κ1) is 14.4. The molecule has 0 aromatic heterocycles. The van der Waals surface area contributed by atoms with E-state index in [9.17, 15) is 0 Å². The van der Waals surface area contributed by atoms with E-state index in [1.54, 1.807) is 4.90 Å². The van der Waals surface area contributed by atoms with E-state index in [2.05, 4.69) is 38.1 Å². The molecule has 0 amide bonds.